The van der Waals surface area contributed by atoms with Crippen molar-refractivity contribution in [2.24, 2.45) is 5.10 Å². The Morgan fingerprint density at radius 2 is 2.25 bits per heavy atom. The van der Waals surface area contributed by atoms with E-state index in [9.17, 15) is 14.9 Å². The third-order valence-corrected chi connectivity index (χ3v) is 2.50. The molecule has 0 saturated carbocycles. The molecule has 0 saturated heterocycles. The average Bonchev–Trinajstić information content (AvgIpc) is 2.45. The lowest BCUT2D eigenvalue weighted by Gasteiger charge is -2.03. The Hall–Kier alpha value is -2.28. The molecule has 0 heterocycles. The van der Waals surface area contributed by atoms with Gasteiger partial charge in [0.1, 0.15) is 0 Å². The zero-order chi connectivity index (χ0) is 15.0. The summed E-state index contributed by atoms with van der Waals surface area (Å²) in [6.45, 7) is 4.42. The van der Waals surface area contributed by atoms with Crippen molar-refractivity contribution in [3.05, 3.63) is 39.9 Å². The molecule has 0 aromatic heterocycles. The lowest BCUT2D eigenvalue weighted by atomic mass is 10.1. The van der Waals surface area contributed by atoms with Gasteiger partial charge in [0, 0.05) is 24.3 Å². The number of hydrogen-bond donors (Lipinski definition) is 1. The molecule has 1 N–H and O–H groups in total. The van der Waals surface area contributed by atoms with E-state index < -0.39 is 4.92 Å². The second kappa shape index (κ2) is 8.00. The highest BCUT2D eigenvalue weighted by atomic mass is 16.6. The molecule has 0 fully saturated rings. The molecule has 1 aromatic rings. The number of nitrogens with zero attached hydrogens (tertiary/aromatic N) is 2. The predicted molar refractivity (Wildman–Crippen MR) is 74.6 cm³/mol. The topological polar surface area (TPSA) is 93.8 Å². The zero-order valence-corrected chi connectivity index (χ0v) is 11.5. The van der Waals surface area contributed by atoms with E-state index in [-0.39, 0.29) is 18.0 Å². The summed E-state index contributed by atoms with van der Waals surface area (Å²) in [5, 5.41) is 14.6. The van der Waals surface area contributed by atoms with Crippen LogP contribution in [0.2, 0.25) is 0 Å². The van der Waals surface area contributed by atoms with Crippen molar-refractivity contribution in [1.29, 1.82) is 0 Å². The molecule has 20 heavy (non-hydrogen) atoms. The normalized spacial score (nSPS) is 11.2. The maximum absolute atomic E-state index is 11.4. The Balaban J connectivity index is 2.62. The third kappa shape index (κ3) is 5.15. The number of benzene rings is 1. The molecule has 7 nitrogen and oxygen atoms in total. The number of amides is 1. The summed E-state index contributed by atoms with van der Waals surface area (Å²) in [6, 6.07) is 6.07. The van der Waals surface area contributed by atoms with Crippen molar-refractivity contribution in [2.75, 3.05) is 13.2 Å². The average molecular weight is 279 g/mol. The minimum absolute atomic E-state index is 0.0141. The molecule has 0 radical (unpaired) electrons. The first kappa shape index (κ1) is 15.8. The van der Waals surface area contributed by atoms with Crippen LogP contribution in [-0.2, 0) is 9.53 Å². The Labute approximate surface area is 116 Å². The fourth-order valence-electron chi connectivity index (χ4n) is 1.42. The Kier molecular flexibility index (Phi) is 6.31. The molecular weight excluding hydrogens is 262 g/mol. The van der Waals surface area contributed by atoms with E-state index in [1.54, 1.807) is 19.1 Å². The van der Waals surface area contributed by atoms with Crippen LogP contribution in [0.4, 0.5) is 5.69 Å². The quantitative estimate of drug-likeness (QED) is 0.357. The van der Waals surface area contributed by atoms with Crippen LogP contribution in [0.5, 0.6) is 0 Å². The smallest absolute Gasteiger partial charge is 0.270 e. The van der Waals surface area contributed by atoms with E-state index in [0.29, 0.717) is 24.5 Å². The number of non-ortho nitro benzene ring substituents is 1. The second-order valence-corrected chi connectivity index (χ2v) is 3.99. The minimum Gasteiger partial charge on any atom is -0.381 e. The molecule has 0 aliphatic rings. The van der Waals surface area contributed by atoms with Crippen LogP contribution in [0, 0.1) is 10.1 Å². The van der Waals surface area contributed by atoms with Gasteiger partial charge >= 0.3 is 0 Å². The first-order valence-electron chi connectivity index (χ1n) is 6.20. The standard InChI is InChI=1S/C13H17N3O4/c1-3-20-8-7-13(17)15-14-10(2)11-5-4-6-12(9-11)16(18)19/h4-6,9H,3,7-8H2,1-2H3,(H,15,17)/b14-10+. The Bertz CT molecular complexity index is 514. The lowest BCUT2D eigenvalue weighted by Crippen LogP contribution is -2.20. The van der Waals surface area contributed by atoms with Gasteiger partial charge in [0.05, 0.1) is 23.7 Å². The highest BCUT2D eigenvalue weighted by molar-refractivity contribution is 5.99. The monoisotopic (exact) mass is 279 g/mol. The number of nitro benzene ring substituents is 1. The number of rotatable bonds is 7. The first-order valence-corrected chi connectivity index (χ1v) is 6.20. The van der Waals surface area contributed by atoms with Crippen LogP contribution in [0.25, 0.3) is 0 Å². The van der Waals surface area contributed by atoms with Gasteiger partial charge in [0.2, 0.25) is 5.91 Å². The molecule has 1 amide bonds. The van der Waals surface area contributed by atoms with Gasteiger partial charge in [0.15, 0.2) is 0 Å². The van der Waals surface area contributed by atoms with Crippen molar-refractivity contribution in [1.82, 2.24) is 5.43 Å². The number of carbonyl (C=O) groups is 1. The first-order chi connectivity index (χ1) is 9.54. The second-order valence-electron chi connectivity index (χ2n) is 3.99. The zero-order valence-electron chi connectivity index (χ0n) is 11.5. The van der Waals surface area contributed by atoms with Crippen LogP contribution in [-0.4, -0.2) is 29.8 Å². The van der Waals surface area contributed by atoms with E-state index >= 15 is 0 Å². The van der Waals surface area contributed by atoms with Gasteiger partial charge in [-0.2, -0.15) is 5.10 Å². The number of hydrazone groups is 1. The fraction of sp³-hybridized carbons (Fsp3) is 0.385. The van der Waals surface area contributed by atoms with Crippen LogP contribution < -0.4 is 5.43 Å². The molecule has 0 aliphatic carbocycles. The third-order valence-electron chi connectivity index (χ3n) is 2.50. The number of ether oxygens (including phenoxy) is 1. The van der Waals surface area contributed by atoms with E-state index in [4.69, 9.17) is 4.74 Å². The molecular formula is C13H17N3O4. The van der Waals surface area contributed by atoms with Gasteiger partial charge in [-0.15, -0.1) is 0 Å². The highest BCUT2D eigenvalue weighted by Crippen LogP contribution is 2.13. The van der Waals surface area contributed by atoms with E-state index in [0.717, 1.165) is 0 Å². The maximum Gasteiger partial charge on any atom is 0.270 e. The lowest BCUT2D eigenvalue weighted by molar-refractivity contribution is -0.384. The largest absolute Gasteiger partial charge is 0.381 e. The fourth-order valence-corrected chi connectivity index (χ4v) is 1.42. The predicted octanol–water partition coefficient (Wildman–Crippen LogP) is 1.86. The van der Waals surface area contributed by atoms with Crippen molar-refractivity contribution < 1.29 is 14.5 Å². The van der Waals surface area contributed by atoms with Crippen LogP contribution >= 0.6 is 0 Å². The number of nitrogens with one attached hydrogen (secondary N) is 1. The molecule has 7 heteroatoms. The molecule has 108 valence electrons. The molecule has 0 atom stereocenters. The highest BCUT2D eigenvalue weighted by Gasteiger charge is 2.07. The van der Waals surface area contributed by atoms with Crippen LogP contribution in [0.3, 0.4) is 0 Å². The Morgan fingerprint density at radius 1 is 1.50 bits per heavy atom. The summed E-state index contributed by atoms with van der Waals surface area (Å²) in [5.41, 5.74) is 3.46. The summed E-state index contributed by atoms with van der Waals surface area (Å²) in [6.07, 6.45) is 0.222. The summed E-state index contributed by atoms with van der Waals surface area (Å²) >= 11 is 0. The van der Waals surface area contributed by atoms with Crippen molar-refractivity contribution in [2.45, 2.75) is 20.3 Å². The summed E-state index contributed by atoms with van der Waals surface area (Å²) in [4.78, 5) is 21.6. The van der Waals surface area contributed by atoms with E-state index in [1.165, 1.54) is 12.1 Å². The van der Waals surface area contributed by atoms with Gasteiger partial charge < -0.3 is 4.74 Å². The van der Waals surface area contributed by atoms with Gasteiger partial charge in [-0.05, 0) is 13.8 Å². The van der Waals surface area contributed by atoms with E-state index in [2.05, 4.69) is 10.5 Å². The van der Waals surface area contributed by atoms with Gasteiger partial charge in [-0.25, -0.2) is 5.43 Å². The SMILES string of the molecule is CCOCCC(=O)N/N=C(\C)c1cccc([N+](=O)[O-])c1. The van der Waals surface area contributed by atoms with E-state index in [1.807, 2.05) is 6.92 Å². The van der Waals surface area contributed by atoms with Crippen LogP contribution in [0.15, 0.2) is 29.4 Å². The van der Waals surface area contributed by atoms with Gasteiger partial charge in [-0.1, -0.05) is 12.1 Å². The summed E-state index contributed by atoms with van der Waals surface area (Å²) < 4.78 is 5.05. The van der Waals surface area contributed by atoms with Gasteiger partial charge in [-0.3, -0.25) is 14.9 Å². The molecule has 1 rings (SSSR count). The number of hydrogen-bond acceptors (Lipinski definition) is 5. The molecule has 0 bridgehead atoms. The van der Waals surface area contributed by atoms with Crippen molar-refractivity contribution in [3.8, 4) is 0 Å². The molecule has 0 aliphatic heterocycles. The van der Waals surface area contributed by atoms with Gasteiger partial charge in [0.25, 0.3) is 5.69 Å². The molecule has 0 spiro atoms. The number of carbonyl (C=O) groups excluding carboxylic acids is 1. The summed E-state index contributed by atoms with van der Waals surface area (Å²) in [5.74, 6) is -0.261. The number of nitro groups is 1. The molecule has 1 aromatic carbocycles. The maximum atomic E-state index is 11.4. The Morgan fingerprint density at radius 3 is 2.90 bits per heavy atom. The van der Waals surface area contributed by atoms with Crippen LogP contribution in [0.1, 0.15) is 25.8 Å². The van der Waals surface area contributed by atoms with Crippen molar-refractivity contribution >= 4 is 17.3 Å². The molecule has 0 unspecified atom stereocenters. The minimum atomic E-state index is -0.475. The van der Waals surface area contributed by atoms with Crippen molar-refractivity contribution in [3.63, 3.8) is 0 Å². The summed E-state index contributed by atoms with van der Waals surface area (Å²) in [7, 11) is 0.